The molecule has 0 aliphatic carbocycles. The molecule has 0 radical (unpaired) electrons. The van der Waals surface area contributed by atoms with E-state index >= 15 is 0 Å². The van der Waals surface area contributed by atoms with Crippen LogP contribution in [-0.4, -0.2) is 48.0 Å². The fourth-order valence-corrected chi connectivity index (χ4v) is 9.63. The summed E-state index contributed by atoms with van der Waals surface area (Å²) in [4.78, 5) is 5.54. The molecule has 4 heterocycles. The Bertz CT molecular complexity index is 780. The van der Waals surface area contributed by atoms with Crippen LogP contribution in [0, 0.1) is 59.2 Å². The number of hydrogen-bond donors (Lipinski definition) is 3. The summed E-state index contributed by atoms with van der Waals surface area (Å²) in [6.07, 6.45) is 2.53. The zero-order valence-electron chi connectivity index (χ0n) is 25.7. The van der Waals surface area contributed by atoms with Crippen LogP contribution in [-0.2, 0) is 0 Å². The van der Waals surface area contributed by atoms with Gasteiger partial charge in [0, 0.05) is 47.9 Å². The molecule has 17 unspecified atom stereocenters. The van der Waals surface area contributed by atoms with Gasteiger partial charge in [-0.25, -0.2) is 0 Å². The first-order chi connectivity index (χ1) is 16.9. The van der Waals surface area contributed by atoms with Gasteiger partial charge < -0.3 is 16.0 Å². The van der Waals surface area contributed by atoms with Gasteiger partial charge in [0.1, 0.15) is 0 Å². The number of hydrogen-bond acceptors (Lipinski definition) is 4. The lowest BCUT2D eigenvalue weighted by molar-refractivity contribution is 0.145. The summed E-state index contributed by atoms with van der Waals surface area (Å²) in [5, 5.41) is 12.6. The van der Waals surface area contributed by atoms with E-state index in [9.17, 15) is 0 Å². The van der Waals surface area contributed by atoms with Gasteiger partial charge in [-0.05, 0) is 81.0 Å². The van der Waals surface area contributed by atoms with Crippen LogP contribution < -0.4 is 16.0 Å². The second-order valence-corrected chi connectivity index (χ2v) is 14.1. The molecule has 4 rings (SSSR count). The highest BCUT2D eigenvalue weighted by Crippen LogP contribution is 2.48. The zero-order valence-corrected chi connectivity index (χ0v) is 25.7. The number of rotatable bonds is 7. The summed E-state index contributed by atoms with van der Waals surface area (Å²) >= 11 is 0. The number of nitrogens with one attached hydrogen (secondary N) is 3. The van der Waals surface area contributed by atoms with Gasteiger partial charge in [-0.2, -0.15) is 0 Å². The summed E-state index contributed by atoms with van der Waals surface area (Å²) in [6, 6.07) is 3.71. The van der Waals surface area contributed by atoms with Crippen molar-refractivity contribution in [2.24, 2.45) is 64.2 Å². The Hall–Kier alpha value is -0.450. The second kappa shape index (κ2) is 11.0. The first-order valence-corrected chi connectivity index (χ1v) is 15.8. The number of aliphatic imine (C=N–C) groups is 1. The van der Waals surface area contributed by atoms with Crippen LogP contribution in [0.3, 0.4) is 0 Å². The molecule has 0 aromatic carbocycles. The lowest BCUT2D eigenvalue weighted by atomic mass is 9.64. The summed E-state index contributed by atoms with van der Waals surface area (Å²) < 4.78 is 0. The van der Waals surface area contributed by atoms with Crippen LogP contribution in [0.4, 0.5) is 0 Å². The van der Waals surface area contributed by atoms with E-state index in [1.165, 1.54) is 18.6 Å². The molecule has 17 atom stereocenters. The maximum absolute atomic E-state index is 5.54. The molecular weight excluding hydrogens is 440 g/mol. The summed E-state index contributed by atoms with van der Waals surface area (Å²) in [7, 11) is 0. The Morgan fingerprint density at radius 3 is 1.47 bits per heavy atom. The molecule has 208 valence electrons. The third-order valence-corrected chi connectivity index (χ3v) is 12.6. The van der Waals surface area contributed by atoms with Crippen molar-refractivity contribution in [3.05, 3.63) is 0 Å². The summed E-state index contributed by atoms with van der Waals surface area (Å²) in [6.45, 7) is 29.5. The highest BCUT2D eigenvalue weighted by Gasteiger charge is 2.56. The van der Waals surface area contributed by atoms with Gasteiger partial charge in [-0.15, -0.1) is 0 Å². The van der Waals surface area contributed by atoms with Crippen LogP contribution in [0.5, 0.6) is 0 Å². The van der Waals surface area contributed by atoms with Crippen LogP contribution >= 0.6 is 0 Å². The fraction of sp³-hybridized carbons (Fsp3) is 0.969. The molecule has 0 aromatic heterocycles. The second-order valence-electron chi connectivity index (χ2n) is 14.1. The van der Waals surface area contributed by atoms with Gasteiger partial charge in [-0.3, -0.25) is 4.99 Å². The molecule has 4 nitrogen and oxygen atoms in total. The van der Waals surface area contributed by atoms with Gasteiger partial charge >= 0.3 is 0 Å². The van der Waals surface area contributed by atoms with Gasteiger partial charge in [0.15, 0.2) is 0 Å². The summed E-state index contributed by atoms with van der Waals surface area (Å²) in [5.41, 5.74) is 1.54. The Balaban J connectivity index is 1.84. The Labute approximate surface area is 224 Å². The Morgan fingerprint density at radius 1 is 0.583 bits per heavy atom. The molecule has 3 fully saturated rings. The molecule has 0 saturated carbocycles. The van der Waals surface area contributed by atoms with Crippen LogP contribution in [0.2, 0.25) is 0 Å². The third kappa shape index (κ3) is 4.64. The standard InChI is InChI=1S/C32H60N4/c1-13-25-19(7)31(35-23(25)11)27(29-17(5)15(3)21(9)33-29)28(30-18(6)16(4)22(10)34-30)32-20(8)26(14-2)24(12)36-32/h15-29,31-33,35-36H,13-14H2,1-12H3. The van der Waals surface area contributed by atoms with Gasteiger partial charge in [0.25, 0.3) is 0 Å². The topological polar surface area (TPSA) is 48.5 Å². The van der Waals surface area contributed by atoms with E-state index in [1.807, 2.05) is 0 Å². The molecule has 0 spiro atoms. The maximum atomic E-state index is 5.54. The largest absolute Gasteiger partial charge is 0.311 e. The molecule has 0 aromatic rings. The molecular formula is C32H60N4. The monoisotopic (exact) mass is 500 g/mol. The quantitative estimate of drug-likeness (QED) is 0.401. The maximum Gasteiger partial charge on any atom is 0.0502 e. The van der Waals surface area contributed by atoms with Crippen LogP contribution in [0.15, 0.2) is 4.99 Å². The van der Waals surface area contributed by atoms with Gasteiger partial charge in [0.05, 0.1) is 6.04 Å². The van der Waals surface area contributed by atoms with Gasteiger partial charge in [0.2, 0.25) is 0 Å². The average molecular weight is 501 g/mol. The Morgan fingerprint density at radius 2 is 1.06 bits per heavy atom. The van der Waals surface area contributed by atoms with Crippen molar-refractivity contribution in [1.82, 2.24) is 16.0 Å². The van der Waals surface area contributed by atoms with E-state index in [-0.39, 0.29) is 0 Å². The molecule has 3 saturated heterocycles. The van der Waals surface area contributed by atoms with Crippen molar-refractivity contribution in [3.8, 4) is 0 Å². The lowest BCUT2D eigenvalue weighted by Gasteiger charge is -2.45. The number of nitrogens with zero attached hydrogens (tertiary/aromatic N) is 1. The van der Waals surface area contributed by atoms with Crippen LogP contribution in [0.25, 0.3) is 0 Å². The predicted octanol–water partition coefficient (Wildman–Crippen LogP) is 6.01. The SMILES string of the molecule is CCC1C(C)NC(C(C2=NC(C)C(C)C2C)C(C2NC(C)C(C)C2C)C2NC(C)C(CC)C2C)C1C. The van der Waals surface area contributed by atoms with E-state index in [4.69, 9.17) is 4.99 Å². The normalized spacial score (nSPS) is 53.1. The average Bonchev–Trinajstić information content (AvgIpc) is 3.46. The van der Waals surface area contributed by atoms with E-state index in [2.05, 4.69) is 99.0 Å². The van der Waals surface area contributed by atoms with Crippen molar-refractivity contribution >= 4 is 5.71 Å². The molecule has 4 heteroatoms. The van der Waals surface area contributed by atoms with Crippen molar-refractivity contribution in [3.63, 3.8) is 0 Å². The third-order valence-electron chi connectivity index (χ3n) is 12.6. The first-order valence-electron chi connectivity index (χ1n) is 15.8. The fourth-order valence-electron chi connectivity index (χ4n) is 9.63. The van der Waals surface area contributed by atoms with E-state index < -0.39 is 0 Å². The van der Waals surface area contributed by atoms with E-state index in [0.717, 1.165) is 11.8 Å². The van der Waals surface area contributed by atoms with Crippen molar-refractivity contribution in [2.75, 3.05) is 0 Å². The Kier molecular flexibility index (Phi) is 8.70. The molecule has 4 aliphatic heterocycles. The minimum absolute atomic E-state index is 0.428. The van der Waals surface area contributed by atoms with E-state index in [1.54, 1.807) is 0 Å². The highest BCUT2D eigenvalue weighted by atomic mass is 15.1. The van der Waals surface area contributed by atoms with Crippen molar-refractivity contribution in [2.45, 2.75) is 138 Å². The van der Waals surface area contributed by atoms with E-state index in [0.29, 0.717) is 89.6 Å². The zero-order chi connectivity index (χ0) is 26.6. The predicted molar refractivity (Wildman–Crippen MR) is 156 cm³/mol. The molecule has 0 bridgehead atoms. The molecule has 4 aliphatic rings. The minimum atomic E-state index is 0.428. The minimum Gasteiger partial charge on any atom is -0.311 e. The lowest BCUT2D eigenvalue weighted by Crippen LogP contribution is -2.58. The van der Waals surface area contributed by atoms with Crippen molar-refractivity contribution in [1.29, 1.82) is 0 Å². The first kappa shape index (κ1) is 28.6. The van der Waals surface area contributed by atoms with Gasteiger partial charge in [-0.1, -0.05) is 68.2 Å². The summed E-state index contributed by atoms with van der Waals surface area (Å²) in [5.74, 6) is 6.41. The molecule has 3 N–H and O–H groups in total. The smallest absolute Gasteiger partial charge is 0.0502 e. The molecule has 36 heavy (non-hydrogen) atoms. The van der Waals surface area contributed by atoms with Crippen LogP contribution in [0.1, 0.15) is 95.9 Å². The van der Waals surface area contributed by atoms with Crippen molar-refractivity contribution < 1.29 is 0 Å². The molecule has 0 amide bonds. The highest BCUT2D eigenvalue weighted by molar-refractivity contribution is 5.92.